The molecule has 0 aliphatic heterocycles. The number of benzene rings is 1. The summed E-state index contributed by atoms with van der Waals surface area (Å²) in [6.07, 6.45) is 0.0206. The quantitative estimate of drug-likeness (QED) is 0.787. The Balaban J connectivity index is 2.72. The molecule has 1 N–H and O–H groups in total. The maximum atomic E-state index is 12.1. The number of nitrogens with zero attached hydrogens (tertiary/aromatic N) is 1. The Morgan fingerprint density at radius 2 is 1.73 bits per heavy atom. The van der Waals surface area contributed by atoms with E-state index in [1.54, 1.807) is 17.0 Å². The van der Waals surface area contributed by atoms with Crippen molar-refractivity contribution in [3.63, 3.8) is 0 Å². The van der Waals surface area contributed by atoms with Crippen LogP contribution in [0.15, 0.2) is 29.2 Å². The largest absolute Gasteiger partial charge is 0.491 e. The molecule has 1 aromatic rings. The molecule has 0 unspecified atom stereocenters. The predicted molar refractivity (Wildman–Crippen MR) is 85.3 cm³/mol. The van der Waals surface area contributed by atoms with Crippen LogP contribution in [0.4, 0.5) is 0 Å². The molecule has 0 radical (unpaired) electrons. The summed E-state index contributed by atoms with van der Waals surface area (Å²) in [6.45, 7) is 8.35. The number of amides is 1. The van der Waals surface area contributed by atoms with E-state index in [9.17, 15) is 13.2 Å². The second-order valence-electron chi connectivity index (χ2n) is 5.03. The van der Waals surface area contributed by atoms with Crippen molar-refractivity contribution in [1.29, 1.82) is 0 Å². The zero-order valence-electron chi connectivity index (χ0n) is 13.5. The lowest BCUT2D eigenvalue weighted by molar-refractivity contribution is -0.129. The average Bonchev–Trinajstić information content (AvgIpc) is 2.46. The van der Waals surface area contributed by atoms with Crippen LogP contribution in [0.3, 0.4) is 0 Å². The van der Waals surface area contributed by atoms with Gasteiger partial charge in [-0.2, -0.15) is 0 Å². The zero-order chi connectivity index (χ0) is 16.8. The third-order valence-corrected chi connectivity index (χ3v) is 4.45. The maximum absolute atomic E-state index is 12.1. The van der Waals surface area contributed by atoms with Gasteiger partial charge in [-0.3, -0.25) is 4.79 Å². The Morgan fingerprint density at radius 3 is 2.18 bits per heavy atom. The van der Waals surface area contributed by atoms with Crippen molar-refractivity contribution in [3.05, 3.63) is 24.3 Å². The first-order chi connectivity index (χ1) is 10.3. The second-order valence-corrected chi connectivity index (χ2v) is 6.80. The van der Waals surface area contributed by atoms with Crippen molar-refractivity contribution in [2.24, 2.45) is 0 Å². The van der Waals surface area contributed by atoms with Crippen molar-refractivity contribution < 1.29 is 17.9 Å². The molecular formula is C15H24N2O4S. The van der Waals surface area contributed by atoms with Crippen LogP contribution in [0.2, 0.25) is 0 Å². The molecule has 1 rings (SSSR count). The van der Waals surface area contributed by atoms with Crippen LogP contribution in [-0.2, 0) is 14.8 Å². The Kier molecular flexibility index (Phi) is 6.83. The molecule has 0 saturated carbocycles. The molecule has 7 heteroatoms. The van der Waals surface area contributed by atoms with Gasteiger partial charge >= 0.3 is 0 Å². The van der Waals surface area contributed by atoms with E-state index in [0.717, 1.165) is 0 Å². The van der Waals surface area contributed by atoms with Gasteiger partial charge in [0.1, 0.15) is 5.75 Å². The fourth-order valence-corrected chi connectivity index (χ4v) is 2.87. The van der Waals surface area contributed by atoms with E-state index in [1.165, 1.54) is 12.1 Å². The highest BCUT2D eigenvalue weighted by Crippen LogP contribution is 2.16. The number of sulfonamides is 1. The molecule has 0 spiro atoms. The molecule has 22 heavy (non-hydrogen) atoms. The lowest BCUT2D eigenvalue weighted by Gasteiger charge is -2.18. The Morgan fingerprint density at radius 1 is 1.18 bits per heavy atom. The standard InChI is InChI=1S/C15H24N2O4S/c1-5-17(6-2)15(18)11-16-22(19,20)14-9-7-13(8-10-14)21-12(3)4/h7-10,12,16H,5-6,11H2,1-4H3. The summed E-state index contributed by atoms with van der Waals surface area (Å²) in [5.41, 5.74) is 0. The van der Waals surface area contributed by atoms with Crippen LogP contribution in [0, 0.1) is 0 Å². The number of ether oxygens (including phenoxy) is 1. The SMILES string of the molecule is CCN(CC)C(=O)CNS(=O)(=O)c1ccc(OC(C)C)cc1. The first-order valence-electron chi connectivity index (χ1n) is 7.34. The minimum atomic E-state index is -3.70. The number of likely N-dealkylation sites (N-methyl/N-ethyl adjacent to an activating group) is 1. The third-order valence-electron chi connectivity index (χ3n) is 3.04. The molecule has 1 aromatic carbocycles. The molecule has 0 bridgehead atoms. The van der Waals surface area contributed by atoms with Crippen molar-refractivity contribution in [3.8, 4) is 5.75 Å². The summed E-state index contributed by atoms with van der Waals surface area (Å²) in [6, 6.07) is 6.12. The molecule has 0 saturated heterocycles. The normalized spacial score (nSPS) is 11.5. The summed E-state index contributed by atoms with van der Waals surface area (Å²) in [5, 5.41) is 0. The van der Waals surface area contributed by atoms with Crippen LogP contribution in [0.25, 0.3) is 0 Å². The number of carbonyl (C=O) groups is 1. The van der Waals surface area contributed by atoms with Gasteiger partial charge in [0.2, 0.25) is 15.9 Å². The van der Waals surface area contributed by atoms with Crippen LogP contribution < -0.4 is 9.46 Å². The number of carbonyl (C=O) groups excluding carboxylic acids is 1. The Hall–Kier alpha value is -1.60. The van der Waals surface area contributed by atoms with Crippen molar-refractivity contribution >= 4 is 15.9 Å². The van der Waals surface area contributed by atoms with Gasteiger partial charge in [0, 0.05) is 13.1 Å². The molecule has 0 atom stereocenters. The monoisotopic (exact) mass is 328 g/mol. The van der Waals surface area contributed by atoms with Crippen molar-refractivity contribution in [2.75, 3.05) is 19.6 Å². The second kappa shape index (κ2) is 8.14. The molecule has 1 amide bonds. The Bertz CT molecular complexity index is 578. The third kappa shape index (κ3) is 5.31. The number of rotatable bonds is 8. The molecule has 0 fully saturated rings. The summed E-state index contributed by atoms with van der Waals surface area (Å²) in [4.78, 5) is 13.5. The number of hydrogen-bond donors (Lipinski definition) is 1. The molecule has 0 heterocycles. The van der Waals surface area contributed by atoms with E-state index < -0.39 is 10.0 Å². The molecule has 0 aromatic heterocycles. The lowest BCUT2D eigenvalue weighted by atomic mass is 10.3. The maximum Gasteiger partial charge on any atom is 0.241 e. The van der Waals surface area contributed by atoms with Crippen molar-refractivity contribution in [2.45, 2.75) is 38.7 Å². The minimum Gasteiger partial charge on any atom is -0.491 e. The molecule has 0 aliphatic rings. The van der Waals surface area contributed by atoms with Gasteiger partial charge in [-0.1, -0.05) is 0 Å². The topological polar surface area (TPSA) is 75.7 Å². The van der Waals surface area contributed by atoms with Crippen LogP contribution in [0.5, 0.6) is 5.75 Å². The molecule has 124 valence electrons. The van der Waals surface area contributed by atoms with Gasteiger partial charge in [-0.05, 0) is 52.0 Å². The van der Waals surface area contributed by atoms with E-state index in [4.69, 9.17) is 4.74 Å². The molecular weight excluding hydrogens is 304 g/mol. The van der Waals surface area contributed by atoms with Gasteiger partial charge in [0.15, 0.2) is 0 Å². The van der Waals surface area contributed by atoms with Gasteiger partial charge in [0.05, 0.1) is 17.5 Å². The predicted octanol–water partition coefficient (Wildman–Crippen LogP) is 1.62. The number of nitrogens with one attached hydrogen (secondary N) is 1. The van der Waals surface area contributed by atoms with Crippen molar-refractivity contribution in [1.82, 2.24) is 9.62 Å². The van der Waals surface area contributed by atoms with E-state index in [2.05, 4.69) is 4.72 Å². The van der Waals surface area contributed by atoms with E-state index >= 15 is 0 Å². The summed E-state index contributed by atoms with van der Waals surface area (Å²) < 4.78 is 32.1. The van der Waals surface area contributed by atoms with E-state index in [1.807, 2.05) is 27.7 Å². The Labute approximate surface area is 132 Å². The van der Waals surface area contributed by atoms with Crippen LogP contribution >= 0.6 is 0 Å². The lowest BCUT2D eigenvalue weighted by Crippen LogP contribution is -2.39. The first kappa shape index (κ1) is 18.4. The van der Waals surface area contributed by atoms with Gasteiger partial charge in [-0.25, -0.2) is 13.1 Å². The molecule has 6 nitrogen and oxygen atoms in total. The highest BCUT2D eigenvalue weighted by molar-refractivity contribution is 7.89. The summed E-state index contributed by atoms with van der Waals surface area (Å²) >= 11 is 0. The van der Waals surface area contributed by atoms with Crippen LogP contribution in [0.1, 0.15) is 27.7 Å². The number of hydrogen-bond acceptors (Lipinski definition) is 4. The van der Waals surface area contributed by atoms with E-state index in [0.29, 0.717) is 18.8 Å². The highest BCUT2D eigenvalue weighted by atomic mass is 32.2. The fourth-order valence-electron chi connectivity index (χ4n) is 1.90. The average molecular weight is 328 g/mol. The van der Waals surface area contributed by atoms with Gasteiger partial charge in [0.25, 0.3) is 0 Å². The highest BCUT2D eigenvalue weighted by Gasteiger charge is 2.17. The van der Waals surface area contributed by atoms with Gasteiger partial charge in [-0.15, -0.1) is 0 Å². The van der Waals surface area contributed by atoms with Gasteiger partial charge < -0.3 is 9.64 Å². The zero-order valence-corrected chi connectivity index (χ0v) is 14.3. The fraction of sp³-hybridized carbons (Fsp3) is 0.533. The first-order valence-corrected chi connectivity index (χ1v) is 8.82. The summed E-state index contributed by atoms with van der Waals surface area (Å²) in [5.74, 6) is 0.363. The summed E-state index contributed by atoms with van der Waals surface area (Å²) in [7, 11) is -3.70. The minimum absolute atomic E-state index is 0.0206. The van der Waals surface area contributed by atoms with E-state index in [-0.39, 0.29) is 23.5 Å². The van der Waals surface area contributed by atoms with Crippen LogP contribution in [-0.4, -0.2) is 45.0 Å². The smallest absolute Gasteiger partial charge is 0.241 e. The molecule has 0 aliphatic carbocycles.